The van der Waals surface area contributed by atoms with E-state index in [1.54, 1.807) is 25.1 Å². The molecule has 0 radical (unpaired) electrons. The monoisotopic (exact) mass is 289 g/mol. The fraction of sp³-hybridized carbons (Fsp3) is 0.133. The molecule has 0 aliphatic heterocycles. The molecule has 1 N–H and O–H groups in total. The second-order valence-corrected chi connectivity index (χ2v) is 5.65. The quantitative estimate of drug-likeness (QED) is 0.910. The molecule has 0 fully saturated rings. The minimum Gasteiger partial charge on any atom is -0.389 e. The molecule has 0 unspecified atom stereocenters. The zero-order valence-corrected chi connectivity index (χ0v) is 11.9. The summed E-state index contributed by atoms with van der Waals surface area (Å²) in [6, 6.07) is 14.9. The van der Waals surface area contributed by atoms with Crippen LogP contribution in [-0.4, -0.2) is 5.11 Å². The van der Waals surface area contributed by atoms with E-state index in [9.17, 15) is 5.11 Å². The Hall–Kier alpha value is -1.47. The second-order valence-electron chi connectivity index (χ2n) is 4.10. The van der Waals surface area contributed by atoms with Gasteiger partial charge in [0.2, 0.25) is 0 Å². The van der Waals surface area contributed by atoms with Gasteiger partial charge in [-0.2, -0.15) is 5.26 Å². The maximum atomic E-state index is 9.78. The van der Waals surface area contributed by atoms with Gasteiger partial charge in [-0.3, -0.25) is 0 Å². The molecular weight excluding hydrogens is 278 g/mol. The van der Waals surface area contributed by atoms with Crippen LogP contribution in [0, 0.1) is 11.3 Å². The van der Waals surface area contributed by atoms with Crippen molar-refractivity contribution in [2.45, 2.75) is 22.8 Å². The van der Waals surface area contributed by atoms with Crippen molar-refractivity contribution in [2.24, 2.45) is 0 Å². The lowest BCUT2D eigenvalue weighted by atomic mass is 10.1. The standard InChI is InChI=1S/C15H12ClNOS/c1-10(18)14-6-5-11(9-17)7-15(14)19-13-4-2-3-12(16)8-13/h2-8,10,18H,1H3/t10-/m1/s1. The number of halogens is 1. The van der Waals surface area contributed by atoms with Crippen molar-refractivity contribution in [3.05, 3.63) is 58.6 Å². The first kappa shape index (κ1) is 14.0. The van der Waals surface area contributed by atoms with Crippen LogP contribution in [0.5, 0.6) is 0 Å². The molecule has 0 aromatic heterocycles. The predicted molar refractivity (Wildman–Crippen MR) is 77.4 cm³/mol. The van der Waals surface area contributed by atoms with Crippen LogP contribution in [0.15, 0.2) is 52.3 Å². The van der Waals surface area contributed by atoms with Gasteiger partial charge in [-0.05, 0) is 42.8 Å². The number of benzene rings is 2. The number of hydrogen-bond acceptors (Lipinski definition) is 3. The first-order valence-corrected chi connectivity index (χ1v) is 6.95. The summed E-state index contributed by atoms with van der Waals surface area (Å²) in [6.07, 6.45) is -0.575. The summed E-state index contributed by atoms with van der Waals surface area (Å²) in [5.41, 5.74) is 1.39. The van der Waals surface area contributed by atoms with Crippen LogP contribution in [0.4, 0.5) is 0 Å². The molecule has 0 bridgehead atoms. The third kappa shape index (κ3) is 3.51. The van der Waals surface area contributed by atoms with E-state index in [2.05, 4.69) is 6.07 Å². The molecule has 2 nitrogen and oxygen atoms in total. The van der Waals surface area contributed by atoms with Gasteiger partial charge in [-0.1, -0.05) is 35.5 Å². The highest BCUT2D eigenvalue weighted by molar-refractivity contribution is 7.99. The van der Waals surface area contributed by atoms with E-state index in [-0.39, 0.29) is 0 Å². The zero-order chi connectivity index (χ0) is 13.8. The van der Waals surface area contributed by atoms with E-state index < -0.39 is 6.10 Å². The highest BCUT2D eigenvalue weighted by Gasteiger charge is 2.10. The molecule has 2 aromatic rings. The Balaban J connectivity index is 2.40. The van der Waals surface area contributed by atoms with Gasteiger partial charge in [0.05, 0.1) is 17.7 Å². The minimum atomic E-state index is -0.575. The molecule has 2 rings (SSSR count). The van der Waals surface area contributed by atoms with Crippen molar-refractivity contribution in [3.63, 3.8) is 0 Å². The fourth-order valence-corrected chi connectivity index (χ4v) is 3.08. The zero-order valence-electron chi connectivity index (χ0n) is 10.3. The molecule has 19 heavy (non-hydrogen) atoms. The van der Waals surface area contributed by atoms with Crippen LogP contribution in [0.3, 0.4) is 0 Å². The van der Waals surface area contributed by atoms with Crippen molar-refractivity contribution >= 4 is 23.4 Å². The van der Waals surface area contributed by atoms with Gasteiger partial charge >= 0.3 is 0 Å². The first-order valence-electron chi connectivity index (χ1n) is 5.75. The molecule has 0 heterocycles. The largest absolute Gasteiger partial charge is 0.389 e. The Labute approximate surface area is 121 Å². The lowest BCUT2D eigenvalue weighted by molar-refractivity contribution is 0.196. The van der Waals surface area contributed by atoms with E-state index in [1.165, 1.54) is 11.8 Å². The summed E-state index contributed by atoms with van der Waals surface area (Å²) in [5, 5.41) is 19.4. The highest BCUT2D eigenvalue weighted by Crippen LogP contribution is 2.34. The Morgan fingerprint density at radius 2 is 2.05 bits per heavy atom. The van der Waals surface area contributed by atoms with Crippen molar-refractivity contribution in [3.8, 4) is 6.07 Å². The first-order chi connectivity index (χ1) is 9.10. The van der Waals surface area contributed by atoms with E-state index in [1.807, 2.05) is 24.3 Å². The molecule has 1 atom stereocenters. The van der Waals surface area contributed by atoms with Gasteiger partial charge in [0.1, 0.15) is 0 Å². The maximum absolute atomic E-state index is 9.78. The molecule has 0 saturated heterocycles. The van der Waals surface area contributed by atoms with E-state index in [0.29, 0.717) is 10.6 Å². The second kappa shape index (κ2) is 6.12. The van der Waals surface area contributed by atoms with Crippen LogP contribution in [0.1, 0.15) is 24.2 Å². The minimum absolute atomic E-state index is 0.575. The van der Waals surface area contributed by atoms with Crippen LogP contribution < -0.4 is 0 Å². The summed E-state index contributed by atoms with van der Waals surface area (Å²) in [7, 11) is 0. The summed E-state index contributed by atoms with van der Waals surface area (Å²) < 4.78 is 0. The fourth-order valence-electron chi connectivity index (χ4n) is 1.69. The Morgan fingerprint density at radius 3 is 2.68 bits per heavy atom. The van der Waals surface area contributed by atoms with Gasteiger partial charge < -0.3 is 5.11 Å². The van der Waals surface area contributed by atoms with Gasteiger partial charge in [-0.15, -0.1) is 0 Å². The van der Waals surface area contributed by atoms with Crippen molar-refractivity contribution < 1.29 is 5.11 Å². The molecule has 0 saturated carbocycles. The molecule has 0 aliphatic rings. The number of nitriles is 1. The Kier molecular flexibility index (Phi) is 4.49. The molecule has 96 valence electrons. The van der Waals surface area contributed by atoms with E-state index in [4.69, 9.17) is 16.9 Å². The number of nitrogens with zero attached hydrogens (tertiary/aromatic N) is 1. The molecule has 2 aromatic carbocycles. The summed E-state index contributed by atoms with van der Waals surface area (Å²) in [6.45, 7) is 1.71. The van der Waals surface area contributed by atoms with Crippen LogP contribution >= 0.6 is 23.4 Å². The topological polar surface area (TPSA) is 44.0 Å². The van der Waals surface area contributed by atoms with Crippen molar-refractivity contribution in [1.29, 1.82) is 5.26 Å². The van der Waals surface area contributed by atoms with Gasteiger partial charge in [0, 0.05) is 14.8 Å². The summed E-state index contributed by atoms with van der Waals surface area (Å²) >= 11 is 7.45. The number of aliphatic hydroxyl groups excluding tert-OH is 1. The summed E-state index contributed by atoms with van der Waals surface area (Å²) in [5.74, 6) is 0. The highest BCUT2D eigenvalue weighted by atomic mass is 35.5. The number of hydrogen-bond donors (Lipinski definition) is 1. The van der Waals surface area contributed by atoms with Crippen LogP contribution in [0.2, 0.25) is 5.02 Å². The third-order valence-corrected chi connectivity index (χ3v) is 3.91. The average Bonchev–Trinajstić information content (AvgIpc) is 2.38. The number of aliphatic hydroxyl groups is 1. The average molecular weight is 290 g/mol. The van der Waals surface area contributed by atoms with Gasteiger partial charge in [-0.25, -0.2) is 0 Å². The molecule has 0 aliphatic carbocycles. The van der Waals surface area contributed by atoms with E-state index in [0.717, 1.165) is 15.4 Å². The molecular formula is C15H12ClNOS. The van der Waals surface area contributed by atoms with Crippen molar-refractivity contribution in [2.75, 3.05) is 0 Å². The van der Waals surface area contributed by atoms with Gasteiger partial charge in [0.25, 0.3) is 0 Å². The molecule has 4 heteroatoms. The Bertz CT molecular complexity index is 634. The predicted octanol–water partition coefficient (Wildman–Crippen LogP) is 4.42. The Morgan fingerprint density at radius 1 is 1.26 bits per heavy atom. The normalized spacial score (nSPS) is 11.9. The van der Waals surface area contributed by atoms with Crippen molar-refractivity contribution in [1.82, 2.24) is 0 Å². The van der Waals surface area contributed by atoms with Crippen LogP contribution in [-0.2, 0) is 0 Å². The maximum Gasteiger partial charge on any atom is 0.0992 e. The third-order valence-electron chi connectivity index (χ3n) is 2.62. The number of rotatable bonds is 3. The molecule has 0 spiro atoms. The SMILES string of the molecule is C[C@@H](O)c1ccc(C#N)cc1Sc1cccc(Cl)c1. The summed E-state index contributed by atoms with van der Waals surface area (Å²) in [4.78, 5) is 1.85. The smallest absolute Gasteiger partial charge is 0.0992 e. The van der Waals surface area contributed by atoms with Crippen LogP contribution in [0.25, 0.3) is 0 Å². The lowest BCUT2D eigenvalue weighted by Gasteiger charge is -2.12. The van der Waals surface area contributed by atoms with Gasteiger partial charge in [0.15, 0.2) is 0 Å². The van der Waals surface area contributed by atoms with E-state index >= 15 is 0 Å². The lowest BCUT2D eigenvalue weighted by Crippen LogP contribution is -1.94. The molecule has 0 amide bonds.